The minimum atomic E-state index is -4.46. The Bertz CT molecular complexity index is 1040. The van der Waals surface area contributed by atoms with E-state index in [1.165, 1.54) is 19.2 Å². The third-order valence-electron chi connectivity index (χ3n) is 3.75. The fourth-order valence-electron chi connectivity index (χ4n) is 2.27. The molecule has 15 heteroatoms. The molecule has 2 rings (SSSR count). The van der Waals surface area contributed by atoms with Crippen LogP contribution in [0.2, 0.25) is 0 Å². The molecule has 0 heterocycles. The molecular formula is C17H14F4N4O6S. The smallest absolute Gasteiger partial charge is 0.340 e. The standard InChI is InChI=1S/C17H14F4N4O6S/c1-30-14-7-10(24(26)27)2-3-13(14)23-16(32)22-9-4-11(25(28)29)6-12(5-9)31-8-17(20,21)15(18)19/h2-7,15H,8H2,1H3,(H2,22,23,32). The summed E-state index contributed by atoms with van der Waals surface area (Å²) in [5.41, 5.74) is -0.685. The van der Waals surface area contributed by atoms with Crippen LogP contribution in [0.1, 0.15) is 0 Å². The summed E-state index contributed by atoms with van der Waals surface area (Å²) in [6.07, 6.45) is -3.98. The topological polar surface area (TPSA) is 129 Å². The van der Waals surface area contributed by atoms with Gasteiger partial charge in [-0.25, -0.2) is 8.78 Å². The van der Waals surface area contributed by atoms with Gasteiger partial charge in [0.05, 0.1) is 40.5 Å². The Labute approximate surface area is 182 Å². The van der Waals surface area contributed by atoms with E-state index in [4.69, 9.17) is 17.0 Å². The zero-order valence-corrected chi connectivity index (χ0v) is 16.8. The molecule has 0 radical (unpaired) electrons. The van der Waals surface area contributed by atoms with Crippen LogP contribution in [0.15, 0.2) is 36.4 Å². The number of methoxy groups -OCH3 is 1. The Balaban J connectivity index is 2.20. The maximum Gasteiger partial charge on any atom is 0.340 e. The van der Waals surface area contributed by atoms with Gasteiger partial charge in [-0.2, -0.15) is 8.78 Å². The Kier molecular flexibility index (Phi) is 7.69. The van der Waals surface area contributed by atoms with Crippen molar-refractivity contribution < 1.29 is 36.9 Å². The molecule has 0 aliphatic carbocycles. The molecule has 0 bridgehead atoms. The minimum absolute atomic E-state index is 0.0700. The average molecular weight is 478 g/mol. The van der Waals surface area contributed by atoms with E-state index in [0.29, 0.717) is 0 Å². The van der Waals surface area contributed by atoms with Gasteiger partial charge in [-0.05, 0) is 18.3 Å². The summed E-state index contributed by atoms with van der Waals surface area (Å²) in [5, 5.41) is 27.0. The molecule has 0 spiro atoms. The van der Waals surface area contributed by atoms with Crippen LogP contribution >= 0.6 is 12.2 Å². The molecule has 0 aromatic heterocycles. The average Bonchev–Trinajstić information content (AvgIpc) is 2.72. The predicted octanol–water partition coefficient (Wildman–Crippen LogP) is 4.60. The van der Waals surface area contributed by atoms with E-state index in [9.17, 15) is 37.8 Å². The van der Waals surface area contributed by atoms with E-state index < -0.39 is 40.2 Å². The fraction of sp³-hybridized carbons (Fsp3) is 0.235. The number of hydrogen-bond acceptors (Lipinski definition) is 7. The van der Waals surface area contributed by atoms with Crippen LogP contribution < -0.4 is 20.1 Å². The third-order valence-corrected chi connectivity index (χ3v) is 3.96. The summed E-state index contributed by atoms with van der Waals surface area (Å²) in [5.74, 6) is -4.86. The molecule has 0 atom stereocenters. The highest BCUT2D eigenvalue weighted by Gasteiger charge is 2.41. The molecule has 0 amide bonds. The number of nitrogens with zero attached hydrogens (tertiary/aromatic N) is 2. The Morgan fingerprint density at radius 3 is 2.31 bits per heavy atom. The highest BCUT2D eigenvalue weighted by molar-refractivity contribution is 7.80. The lowest BCUT2D eigenvalue weighted by molar-refractivity contribution is -0.385. The Morgan fingerprint density at radius 2 is 1.75 bits per heavy atom. The van der Waals surface area contributed by atoms with Gasteiger partial charge < -0.3 is 20.1 Å². The number of halogens is 4. The number of non-ortho nitro benzene ring substituents is 2. The van der Waals surface area contributed by atoms with Crippen LogP contribution in [0.3, 0.4) is 0 Å². The van der Waals surface area contributed by atoms with Gasteiger partial charge in [-0.15, -0.1) is 0 Å². The summed E-state index contributed by atoms with van der Waals surface area (Å²) in [6.45, 7) is -1.70. The van der Waals surface area contributed by atoms with Gasteiger partial charge in [0.25, 0.3) is 11.4 Å². The lowest BCUT2D eigenvalue weighted by Crippen LogP contribution is -2.33. The minimum Gasteiger partial charge on any atom is -0.494 e. The quantitative estimate of drug-likeness (QED) is 0.230. The first kappa shape index (κ1) is 24.5. The van der Waals surface area contributed by atoms with Crippen LogP contribution in [0, 0.1) is 20.2 Å². The number of rotatable bonds is 9. The molecule has 2 N–H and O–H groups in total. The number of benzene rings is 2. The number of ether oxygens (including phenoxy) is 2. The SMILES string of the molecule is COc1cc([N+](=O)[O-])ccc1NC(=S)Nc1cc(OCC(F)(F)C(F)F)cc([N+](=O)[O-])c1. The molecular weight excluding hydrogens is 464 g/mol. The molecule has 0 aliphatic rings. The first-order valence-corrected chi connectivity index (χ1v) is 8.82. The fourth-order valence-corrected chi connectivity index (χ4v) is 2.50. The van der Waals surface area contributed by atoms with Crippen molar-refractivity contribution in [3.8, 4) is 11.5 Å². The van der Waals surface area contributed by atoms with Gasteiger partial charge in [-0.1, -0.05) is 0 Å². The monoisotopic (exact) mass is 478 g/mol. The van der Waals surface area contributed by atoms with Crippen LogP contribution in [0.25, 0.3) is 0 Å². The lowest BCUT2D eigenvalue weighted by Gasteiger charge is -2.17. The maximum atomic E-state index is 13.1. The largest absolute Gasteiger partial charge is 0.494 e. The van der Waals surface area contributed by atoms with Crippen LogP contribution in [-0.4, -0.2) is 41.0 Å². The van der Waals surface area contributed by atoms with Gasteiger partial charge in [0.1, 0.15) is 11.5 Å². The first-order valence-electron chi connectivity index (χ1n) is 8.41. The number of nitrogens with one attached hydrogen (secondary N) is 2. The number of nitro benzene ring substituents is 2. The van der Waals surface area contributed by atoms with Gasteiger partial charge in [-0.3, -0.25) is 20.2 Å². The highest BCUT2D eigenvalue weighted by atomic mass is 32.1. The van der Waals surface area contributed by atoms with Gasteiger partial charge >= 0.3 is 12.3 Å². The van der Waals surface area contributed by atoms with Crippen LogP contribution in [0.5, 0.6) is 11.5 Å². The van der Waals surface area contributed by atoms with Gasteiger partial charge in [0.15, 0.2) is 11.7 Å². The van der Waals surface area contributed by atoms with Crippen molar-refractivity contribution >= 4 is 40.1 Å². The van der Waals surface area contributed by atoms with Crippen LogP contribution in [0.4, 0.5) is 40.3 Å². The van der Waals surface area contributed by atoms with Crippen molar-refractivity contribution in [3.63, 3.8) is 0 Å². The van der Waals surface area contributed by atoms with E-state index in [1.54, 1.807) is 0 Å². The molecule has 32 heavy (non-hydrogen) atoms. The van der Waals surface area contributed by atoms with Crippen molar-refractivity contribution in [1.82, 2.24) is 0 Å². The number of alkyl halides is 4. The third kappa shape index (κ3) is 6.37. The Morgan fingerprint density at radius 1 is 1.09 bits per heavy atom. The van der Waals surface area contributed by atoms with Crippen molar-refractivity contribution in [2.75, 3.05) is 24.4 Å². The van der Waals surface area contributed by atoms with Crippen molar-refractivity contribution in [3.05, 3.63) is 56.6 Å². The molecule has 2 aromatic carbocycles. The number of nitro groups is 2. The lowest BCUT2D eigenvalue weighted by atomic mass is 10.2. The van der Waals surface area contributed by atoms with Gasteiger partial charge in [0, 0.05) is 18.2 Å². The van der Waals surface area contributed by atoms with Crippen molar-refractivity contribution in [2.24, 2.45) is 0 Å². The summed E-state index contributed by atoms with van der Waals surface area (Å²) in [7, 11) is 1.26. The molecule has 0 saturated heterocycles. The molecule has 0 saturated carbocycles. The summed E-state index contributed by atoms with van der Waals surface area (Å²) < 4.78 is 60.4. The maximum absolute atomic E-state index is 13.1. The highest BCUT2D eigenvalue weighted by Crippen LogP contribution is 2.31. The molecule has 2 aromatic rings. The number of anilines is 2. The van der Waals surface area contributed by atoms with E-state index >= 15 is 0 Å². The van der Waals surface area contributed by atoms with E-state index in [-0.39, 0.29) is 27.9 Å². The van der Waals surface area contributed by atoms with Crippen molar-refractivity contribution in [2.45, 2.75) is 12.3 Å². The number of thiocarbonyl (C=S) groups is 1. The van der Waals surface area contributed by atoms with Crippen molar-refractivity contribution in [1.29, 1.82) is 0 Å². The molecule has 0 fully saturated rings. The molecule has 0 unspecified atom stereocenters. The molecule has 10 nitrogen and oxygen atoms in total. The first-order chi connectivity index (χ1) is 14.9. The zero-order valence-electron chi connectivity index (χ0n) is 16.0. The normalized spacial score (nSPS) is 11.1. The predicted molar refractivity (Wildman–Crippen MR) is 109 cm³/mol. The van der Waals surface area contributed by atoms with E-state index in [1.807, 2.05) is 0 Å². The second kappa shape index (κ2) is 10.0. The van der Waals surface area contributed by atoms with E-state index in [2.05, 4.69) is 15.4 Å². The molecule has 0 aliphatic heterocycles. The summed E-state index contributed by atoms with van der Waals surface area (Å²) >= 11 is 5.08. The zero-order chi connectivity index (χ0) is 24.1. The molecule has 172 valence electrons. The summed E-state index contributed by atoms with van der Waals surface area (Å²) in [6, 6.07) is 6.43. The van der Waals surface area contributed by atoms with E-state index in [0.717, 1.165) is 24.3 Å². The second-order valence-corrected chi connectivity index (χ2v) is 6.45. The summed E-state index contributed by atoms with van der Waals surface area (Å²) in [4.78, 5) is 20.5. The second-order valence-electron chi connectivity index (χ2n) is 6.04. The van der Waals surface area contributed by atoms with Crippen LogP contribution in [-0.2, 0) is 0 Å². The Hall–Kier alpha value is -3.75. The number of hydrogen-bond donors (Lipinski definition) is 2. The van der Waals surface area contributed by atoms with Gasteiger partial charge in [0.2, 0.25) is 0 Å².